The second kappa shape index (κ2) is 20.1. The third-order valence-electron chi connectivity index (χ3n) is 16.4. The van der Waals surface area contributed by atoms with Crippen LogP contribution in [0.5, 0.6) is 23.0 Å². The molecule has 2 fully saturated rings. The maximum atomic E-state index is 14.9. The van der Waals surface area contributed by atoms with Crippen LogP contribution in [0.4, 0.5) is 11.4 Å². The Kier molecular flexibility index (Phi) is 12.1. The summed E-state index contributed by atoms with van der Waals surface area (Å²) in [7, 11) is 0. The maximum absolute atomic E-state index is 14.9. The van der Waals surface area contributed by atoms with E-state index in [4.69, 9.17) is 9.47 Å². The van der Waals surface area contributed by atoms with Gasteiger partial charge in [-0.25, -0.2) is 9.80 Å². The summed E-state index contributed by atoms with van der Waals surface area (Å²) < 4.78 is 13.4. The van der Waals surface area contributed by atoms with Gasteiger partial charge in [-0.15, -0.1) is 0 Å². The van der Waals surface area contributed by atoms with Crippen molar-refractivity contribution in [2.45, 2.75) is 63.2 Å². The zero-order chi connectivity index (χ0) is 53.8. The molecule has 8 nitrogen and oxygen atoms in total. The molecule has 0 saturated heterocycles. The molecular weight excluding hydrogens is 989 g/mol. The molecule has 14 rings (SSSR count). The molecule has 10 aromatic rings. The van der Waals surface area contributed by atoms with Gasteiger partial charge in [-0.05, 0) is 144 Å². The third-order valence-corrected chi connectivity index (χ3v) is 16.4. The minimum Gasteiger partial charge on any atom is -0.455 e. The average Bonchev–Trinajstić information content (AvgIpc) is 4.35. The minimum absolute atomic E-state index is 0.367. The van der Waals surface area contributed by atoms with E-state index >= 15 is 0 Å². The summed E-state index contributed by atoms with van der Waals surface area (Å²) in [4.78, 5) is 61.4. The molecule has 10 aromatic carbocycles. The van der Waals surface area contributed by atoms with Crippen LogP contribution in [0.15, 0.2) is 194 Å². The van der Waals surface area contributed by atoms with Crippen LogP contribution in [0.25, 0.3) is 32.3 Å². The summed E-state index contributed by atoms with van der Waals surface area (Å²) in [5.74, 6) is 15.0. The number of imide groups is 2. The van der Waals surface area contributed by atoms with Gasteiger partial charge in [0.15, 0.2) is 11.5 Å². The van der Waals surface area contributed by atoms with Gasteiger partial charge in [0.1, 0.15) is 11.5 Å². The SMILES string of the molecule is O=C1c2cccc3c(Oc4ccccc4)c(C#Cc4ccc(C#Cc5cc6c7c(cccc7c5Oc5ccccc5)C(=O)N(c5cccc(C7CCCC7)c5)C6=O)c5ccccc45)cc(c23)C(=O)N1c1cccc(C2CCCC2)c1. The van der Waals surface area contributed by atoms with Crippen molar-refractivity contribution in [1.29, 1.82) is 0 Å². The smallest absolute Gasteiger partial charge is 0.266 e. The lowest BCUT2D eigenvalue weighted by Crippen LogP contribution is -2.40. The van der Waals surface area contributed by atoms with Crippen LogP contribution < -0.4 is 19.3 Å². The Balaban J connectivity index is 0.872. The molecule has 2 heterocycles. The first-order valence-electron chi connectivity index (χ1n) is 27.5. The Morgan fingerprint density at radius 2 is 0.700 bits per heavy atom. The average molecular weight is 1040 g/mol. The van der Waals surface area contributed by atoms with Crippen molar-refractivity contribution in [3.05, 3.63) is 250 Å². The van der Waals surface area contributed by atoms with Crippen LogP contribution in [0.2, 0.25) is 0 Å². The van der Waals surface area contributed by atoms with Crippen LogP contribution in [-0.4, -0.2) is 23.6 Å². The molecule has 0 N–H and O–H groups in total. The van der Waals surface area contributed by atoms with E-state index in [-0.39, 0.29) is 11.8 Å². The Bertz CT molecular complexity index is 4090. The summed E-state index contributed by atoms with van der Waals surface area (Å²) in [6, 6.07) is 60.9. The molecule has 2 aliphatic heterocycles. The topological polar surface area (TPSA) is 93.2 Å². The van der Waals surface area contributed by atoms with Gasteiger partial charge in [-0.3, -0.25) is 19.2 Å². The second-order valence-electron chi connectivity index (χ2n) is 21.1. The lowest BCUT2D eigenvalue weighted by Gasteiger charge is -2.29. The molecule has 384 valence electrons. The molecular formula is C72H50N2O6. The van der Waals surface area contributed by atoms with Crippen molar-refractivity contribution < 1.29 is 28.7 Å². The number of fused-ring (bicyclic) bond motifs is 1. The largest absolute Gasteiger partial charge is 0.455 e. The van der Waals surface area contributed by atoms with Crippen molar-refractivity contribution in [1.82, 2.24) is 0 Å². The fraction of sp³-hybridized carbons (Fsp3) is 0.139. The lowest BCUT2D eigenvalue weighted by atomic mass is 9.90. The molecule has 0 radical (unpaired) electrons. The number of amides is 4. The highest BCUT2D eigenvalue weighted by molar-refractivity contribution is 6.37. The van der Waals surface area contributed by atoms with E-state index in [9.17, 15) is 19.2 Å². The molecule has 2 saturated carbocycles. The van der Waals surface area contributed by atoms with Crippen LogP contribution in [0, 0.1) is 23.7 Å². The molecule has 4 amide bonds. The molecule has 2 aliphatic carbocycles. The summed E-state index contributed by atoms with van der Waals surface area (Å²) in [5, 5.41) is 3.97. The number of hydrogen-bond donors (Lipinski definition) is 0. The molecule has 8 heteroatoms. The van der Waals surface area contributed by atoms with Crippen LogP contribution >= 0.6 is 0 Å². The quantitative estimate of drug-likeness (QED) is 0.111. The van der Waals surface area contributed by atoms with Crippen LogP contribution in [0.1, 0.15) is 138 Å². The first-order valence-corrected chi connectivity index (χ1v) is 27.5. The highest BCUT2D eigenvalue weighted by Gasteiger charge is 2.38. The predicted molar refractivity (Wildman–Crippen MR) is 314 cm³/mol. The lowest BCUT2D eigenvalue weighted by molar-refractivity contribution is 0.0877. The monoisotopic (exact) mass is 1040 g/mol. The van der Waals surface area contributed by atoms with E-state index in [1.807, 2.05) is 158 Å². The Hall–Kier alpha value is -10.0. The minimum atomic E-state index is -0.419. The summed E-state index contributed by atoms with van der Waals surface area (Å²) in [5.41, 5.74) is 7.35. The Morgan fingerprint density at radius 1 is 0.338 bits per heavy atom. The zero-order valence-corrected chi connectivity index (χ0v) is 43.6. The number of carbonyl (C=O) groups is 4. The summed E-state index contributed by atoms with van der Waals surface area (Å²) >= 11 is 0. The van der Waals surface area contributed by atoms with Gasteiger partial charge in [0.25, 0.3) is 23.6 Å². The van der Waals surface area contributed by atoms with E-state index in [2.05, 4.69) is 35.8 Å². The van der Waals surface area contributed by atoms with Crippen molar-refractivity contribution in [2.75, 3.05) is 9.80 Å². The standard InChI is InChI=1S/C72H50N2O6/c75-69-61-33-15-31-59-65(61)63(71(77)73(69)53-23-13-21-49(41-53)45-17-7-8-18-45)43-51(67(59)79-55-25-3-1-4-26-55)39-37-47-35-36-48(58-30-12-11-29-57(47)58)38-40-52-44-64-66-60(68(52)80-56-27-5-2-6-28-56)32-16-34-62(66)70(76)74(72(64)78)54-24-14-22-50(42-54)46-19-9-10-20-46/h1-6,11-16,21-36,41-46H,7-10,17-20H2. The number of anilines is 2. The van der Waals surface area contributed by atoms with Gasteiger partial charge in [-0.2, -0.15) is 0 Å². The van der Waals surface area contributed by atoms with Crippen LogP contribution in [-0.2, 0) is 0 Å². The third kappa shape index (κ3) is 8.45. The zero-order valence-electron chi connectivity index (χ0n) is 43.6. The fourth-order valence-corrected chi connectivity index (χ4v) is 12.5. The number of benzene rings is 10. The van der Waals surface area contributed by atoms with Gasteiger partial charge in [0, 0.05) is 43.8 Å². The number of hydrogen-bond acceptors (Lipinski definition) is 6. The van der Waals surface area contributed by atoms with E-state index in [1.54, 1.807) is 24.3 Å². The van der Waals surface area contributed by atoms with Crippen molar-refractivity contribution in [3.8, 4) is 46.7 Å². The molecule has 4 aliphatic rings. The predicted octanol–water partition coefficient (Wildman–Crippen LogP) is 16.4. The van der Waals surface area contributed by atoms with Gasteiger partial charge in [0.2, 0.25) is 0 Å². The van der Waals surface area contributed by atoms with Gasteiger partial charge in [0.05, 0.1) is 33.6 Å². The van der Waals surface area contributed by atoms with Gasteiger partial charge < -0.3 is 9.47 Å². The molecule has 0 unspecified atom stereocenters. The van der Waals surface area contributed by atoms with Gasteiger partial charge >= 0.3 is 0 Å². The van der Waals surface area contributed by atoms with E-state index in [1.165, 1.54) is 35.5 Å². The summed E-state index contributed by atoms with van der Waals surface area (Å²) in [6.07, 6.45) is 9.04. The number of carbonyl (C=O) groups excluding carboxylic acids is 4. The second-order valence-corrected chi connectivity index (χ2v) is 21.1. The Morgan fingerprint density at radius 3 is 1.12 bits per heavy atom. The van der Waals surface area contributed by atoms with E-state index in [0.717, 1.165) is 47.6 Å². The summed E-state index contributed by atoms with van der Waals surface area (Å²) in [6.45, 7) is 0. The van der Waals surface area contributed by atoms with Crippen molar-refractivity contribution in [2.24, 2.45) is 0 Å². The first-order chi connectivity index (χ1) is 39.3. The molecule has 0 aromatic heterocycles. The fourth-order valence-electron chi connectivity index (χ4n) is 12.5. The van der Waals surface area contributed by atoms with E-state index in [0.29, 0.717) is 112 Å². The van der Waals surface area contributed by atoms with Crippen molar-refractivity contribution in [3.63, 3.8) is 0 Å². The highest BCUT2D eigenvalue weighted by atomic mass is 16.5. The molecule has 0 spiro atoms. The first kappa shape index (κ1) is 48.4. The number of para-hydroxylation sites is 2. The number of ether oxygens (including phenoxy) is 2. The number of rotatable bonds is 8. The Labute approximate surface area is 463 Å². The molecule has 0 atom stereocenters. The van der Waals surface area contributed by atoms with Crippen LogP contribution in [0.3, 0.4) is 0 Å². The molecule has 0 bridgehead atoms. The highest BCUT2D eigenvalue weighted by Crippen LogP contribution is 2.45. The van der Waals surface area contributed by atoms with Crippen molar-refractivity contribution >= 4 is 67.3 Å². The molecule has 80 heavy (non-hydrogen) atoms. The van der Waals surface area contributed by atoms with E-state index < -0.39 is 11.8 Å². The normalized spacial score (nSPS) is 15.1. The maximum Gasteiger partial charge on any atom is 0.266 e. The number of nitrogens with zero attached hydrogens (tertiary/aromatic N) is 2. The van der Waals surface area contributed by atoms with Gasteiger partial charge in [-0.1, -0.05) is 159 Å².